The van der Waals surface area contributed by atoms with Crippen molar-refractivity contribution in [1.82, 2.24) is 5.32 Å². The van der Waals surface area contributed by atoms with Crippen LogP contribution in [0.15, 0.2) is 53.4 Å². The van der Waals surface area contributed by atoms with Crippen LogP contribution in [-0.2, 0) is 0 Å². The second-order valence-electron chi connectivity index (χ2n) is 4.20. The molecule has 106 valence electrons. The zero-order valence-electron chi connectivity index (χ0n) is 11.5. The van der Waals surface area contributed by atoms with Crippen LogP contribution >= 0.6 is 23.4 Å². The summed E-state index contributed by atoms with van der Waals surface area (Å²) in [7, 11) is 0. The number of halogens is 1. The van der Waals surface area contributed by atoms with Gasteiger partial charge < -0.3 is 5.32 Å². The second kappa shape index (κ2) is 7.78. The van der Waals surface area contributed by atoms with Crippen molar-refractivity contribution in [3.05, 3.63) is 64.7 Å². The molecule has 0 bridgehead atoms. The SMILES string of the molecule is CSc1ccc(Cl)c(C(=O)NCC#Cc2ccccc2)c1. The van der Waals surface area contributed by atoms with Crippen molar-refractivity contribution in [2.75, 3.05) is 12.8 Å². The van der Waals surface area contributed by atoms with Gasteiger partial charge in [-0.2, -0.15) is 0 Å². The summed E-state index contributed by atoms with van der Waals surface area (Å²) in [5.74, 6) is 5.70. The zero-order chi connectivity index (χ0) is 15.1. The topological polar surface area (TPSA) is 29.1 Å². The molecule has 0 aliphatic carbocycles. The molecule has 1 N–H and O–H groups in total. The Morgan fingerprint density at radius 2 is 2.00 bits per heavy atom. The summed E-state index contributed by atoms with van der Waals surface area (Å²) >= 11 is 7.62. The van der Waals surface area contributed by atoms with E-state index in [1.54, 1.807) is 23.9 Å². The Kier molecular flexibility index (Phi) is 5.74. The molecule has 0 atom stereocenters. The zero-order valence-corrected chi connectivity index (χ0v) is 13.1. The molecule has 1 amide bonds. The average Bonchev–Trinajstić information content (AvgIpc) is 2.53. The minimum Gasteiger partial charge on any atom is -0.341 e. The third kappa shape index (κ3) is 4.56. The van der Waals surface area contributed by atoms with E-state index in [1.165, 1.54) is 0 Å². The predicted octanol–water partition coefficient (Wildman–Crippen LogP) is 3.84. The van der Waals surface area contributed by atoms with E-state index >= 15 is 0 Å². The van der Waals surface area contributed by atoms with Crippen LogP contribution in [0.5, 0.6) is 0 Å². The van der Waals surface area contributed by atoms with Gasteiger partial charge in [0.2, 0.25) is 0 Å². The van der Waals surface area contributed by atoms with Gasteiger partial charge >= 0.3 is 0 Å². The molecule has 0 aliphatic heterocycles. The molecule has 2 nitrogen and oxygen atoms in total. The highest BCUT2D eigenvalue weighted by Gasteiger charge is 2.10. The number of thioether (sulfide) groups is 1. The number of amides is 1. The number of carbonyl (C=O) groups excluding carboxylic acids is 1. The number of hydrogen-bond acceptors (Lipinski definition) is 2. The highest BCUT2D eigenvalue weighted by atomic mass is 35.5. The lowest BCUT2D eigenvalue weighted by molar-refractivity contribution is 0.0958. The first-order valence-electron chi connectivity index (χ1n) is 6.36. The number of benzene rings is 2. The predicted molar refractivity (Wildman–Crippen MR) is 88.9 cm³/mol. The minimum absolute atomic E-state index is 0.210. The van der Waals surface area contributed by atoms with E-state index in [0.717, 1.165) is 10.5 Å². The van der Waals surface area contributed by atoms with E-state index in [9.17, 15) is 4.79 Å². The molecular weight excluding hydrogens is 302 g/mol. The van der Waals surface area contributed by atoms with Crippen LogP contribution in [0.2, 0.25) is 5.02 Å². The Labute approximate surface area is 133 Å². The van der Waals surface area contributed by atoms with Crippen LogP contribution in [0, 0.1) is 11.8 Å². The Bertz CT molecular complexity index is 689. The van der Waals surface area contributed by atoms with Crippen LogP contribution in [0.3, 0.4) is 0 Å². The maximum Gasteiger partial charge on any atom is 0.253 e. The summed E-state index contributed by atoms with van der Waals surface area (Å²) in [6, 6.07) is 15.0. The van der Waals surface area contributed by atoms with Gasteiger partial charge in [-0.3, -0.25) is 4.79 Å². The molecule has 0 heterocycles. The average molecular weight is 316 g/mol. The number of hydrogen-bond donors (Lipinski definition) is 1. The second-order valence-corrected chi connectivity index (χ2v) is 5.48. The van der Waals surface area contributed by atoms with Crippen LogP contribution in [0.1, 0.15) is 15.9 Å². The molecule has 0 saturated carbocycles. The van der Waals surface area contributed by atoms with Crippen molar-refractivity contribution in [2.24, 2.45) is 0 Å². The standard InChI is InChI=1S/C17H14ClNOS/c1-21-14-9-10-16(18)15(12-14)17(20)19-11-5-8-13-6-3-2-4-7-13/h2-4,6-7,9-10,12H,11H2,1H3,(H,19,20). The van der Waals surface area contributed by atoms with Crippen molar-refractivity contribution in [3.8, 4) is 11.8 Å². The first-order valence-corrected chi connectivity index (χ1v) is 7.96. The van der Waals surface area contributed by atoms with E-state index in [1.807, 2.05) is 42.7 Å². The van der Waals surface area contributed by atoms with Crippen LogP contribution in [0.25, 0.3) is 0 Å². The molecule has 2 rings (SSSR count). The third-order valence-electron chi connectivity index (χ3n) is 2.76. The van der Waals surface area contributed by atoms with E-state index in [2.05, 4.69) is 17.2 Å². The molecule has 0 spiro atoms. The highest BCUT2D eigenvalue weighted by Crippen LogP contribution is 2.22. The van der Waals surface area contributed by atoms with E-state index in [-0.39, 0.29) is 12.5 Å². The van der Waals surface area contributed by atoms with Crippen molar-refractivity contribution in [3.63, 3.8) is 0 Å². The molecule has 0 radical (unpaired) electrons. The summed E-state index contributed by atoms with van der Waals surface area (Å²) in [5.41, 5.74) is 1.40. The number of rotatable bonds is 3. The Morgan fingerprint density at radius 3 is 2.71 bits per heavy atom. The van der Waals surface area contributed by atoms with E-state index < -0.39 is 0 Å². The quantitative estimate of drug-likeness (QED) is 0.688. The van der Waals surface area contributed by atoms with Gasteiger partial charge in [-0.05, 0) is 36.6 Å². The molecule has 2 aromatic carbocycles. The van der Waals surface area contributed by atoms with E-state index in [4.69, 9.17) is 11.6 Å². The summed E-state index contributed by atoms with van der Waals surface area (Å²) in [6.45, 7) is 0.285. The fourth-order valence-corrected chi connectivity index (χ4v) is 2.34. The molecule has 2 aromatic rings. The molecule has 0 aliphatic rings. The highest BCUT2D eigenvalue weighted by molar-refractivity contribution is 7.98. The van der Waals surface area contributed by atoms with Gasteiger partial charge in [0.15, 0.2) is 0 Å². The van der Waals surface area contributed by atoms with Gasteiger partial charge in [-0.1, -0.05) is 41.6 Å². The van der Waals surface area contributed by atoms with Crippen molar-refractivity contribution < 1.29 is 4.79 Å². The van der Waals surface area contributed by atoms with Gasteiger partial charge in [0.05, 0.1) is 17.1 Å². The molecule has 0 unspecified atom stereocenters. The Balaban J connectivity index is 1.98. The molecule has 0 fully saturated rings. The van der Waals surface area contributed by atoms with Gasteiger partial charge in [-0.25, -0.2) is 0 Å². The molecular formula is C17H14ClNOS. The van der Waals surface area contributed by atoms with Crippen molar-refractivity contribution in [2.45, 2.75) is 4.90 Å². The van der Waals surface area contributed by atoms with Gasteiger partial charge in [-0.15, -0.1) is 11.8 Å². The fourth-order valence-electron chi connectivity index (χ4n) is 1.69. The smallest absolute Gasteiger partial charge is 0.253 e. The normalized spacial score (nSPS) is 9.62. The van der Waals surface area contributed by atoms with Gasteiger partial charge in [0, 0.05) is 10.5 Å². The summed E-state index contributed by atoms with van der Waals surface area (Å²) in [6.07, 6.45) is 1.95. The Morgan fingerprint density at radius 1 is 1.24 bits per heavy atom. The number of carbonyl (C=O) groups is 1. The maximum absolute atomic E-state index is 12.1. The van der Waals surface area contributed by atoms with Crippen LogP contribution in [0.4, 0.5) is 0 Å². The van der Waals surface area contributed by atoms with Gasteiger partial charge in [0.1, 0.15) is 0 Å². The minimum atomic E-state index is -0.210. The van der Waals surface area contributed by atoms with Crippen LogP contribution < -0.4 is 5.32 Å². The molecule has 0 aromatic heterocycles. The molecule has 4 heteroatoms. The summed E-state index contributed by atoms with van der Waals surface area (Å²) < 4.78 is 0. The summed E-state index contributed by atoms with van der Waals surface area (Å²) in [4.78, 5) is 13.1. The first-order chi connectivity index (χ1) is 10.2. The monoisotopic (exact) mass is 315 g/mol. The van der Waals surface area contributed by atoms with Crippen molar-refractivity contribution in [1.29, 1.82) is 0 Å². The Hall–Kier alpha value is -1.89. The van der Waals surface area contributed by atoms with Crippen molar-refractivity contribution >= 4 is 29.3 Å². The third-order valence-corrected chi connectivity index (χ3v) is 3.82. The van der Waals surface area contributed by atoms with E-state index in [0.29, 0.717) is 10.6 Å². The maximum atomic E-state index is 12.1. The first kappa shape index (κ1) is 15.5. The van der Waals surface area contributed by atoms with Gasteiger partial charge in [0.25, 0.3) is 5.91 Å². The largest absolute Gasteiger partial charge is 0.341 e. The lowest BCUT2D eigenvalue weighted by Gasteiger charge is -2.05. The molecule has 21 heavy (non-hydrogen) atoms. The summed E-state index contributed by atoms with van der Waals surface area (Å²) in [5, 5.41) is 3.20. The lowest BCUT2D eigenvalue weighted by Crippen LogP contribution is -2.23. The van der Waals surface area contributed by atoms with Crippen LogP contribution in [-0.4, -0.2) is 18.7 Å². The number of nitrogens with one attached hydrogen (secondary N) is 1. The molecule has 0 saturated heterocycles. The lowest BCUT2D eigenvalue weighted by atomic mass is 10.2. The fraction of sp³-hybridized carbons (Fsp3) is 0.118.